The van der Waals surface area contributed by atoms with Gasteiger partial charge < -0.3 is 9.80 Å². The summed E-state index contributed by atoms with van der Waals surface area (Å²) < 4.78 is 0. The summed E-state index contributed by atoms with van der Waals surface area (Å²) in [6.45, 7) is 1.57. The largest absolute Gasteiger partial charge is 0.334 e. The highest BCUT2D eigenvalue weighted by atomic mass is 16.2. The van der Waals surface area contributed by atoms with E-state index in [2.05, 4.69) is 12.2 Å². The maximum Gasteiger partial charge on any atom is 0.232 e. The van der Waals surface area contributed by atoms with Gasteiger partial charge in [-0.1, -0.05) is 24.3 Å². The van der Waals surface area contributed by atoms with E-state index in [0.29, 0.717) is 12.1 Å². The van der Waals surface area contributed by atoms with E-state index in [1.54, 1.807) is 0 Å². The third kappa shape index (κ3) is 1.03. The molecule has 0 aromatic heterocycles. The highest BCUT2D eigenvalue weighted by Crippen LogP contribution is 2.37. The van der Waals surface area contributed by atoms with E-state index in [-0.39, 0.29) is 23.7 Å². The zero-order valence-corrected chi connectivity index (χ0v) is 9.45. The molecule has 0 N–H and O–H groups in total. The molecule has 4 unspecified atom stereocenters. The Morgan fingerprint density at radius 2 is 1.29 bits per heavy atom. The van der Waals surface area contributed by atoms with Gasteiger partial charge in [-0.2, -0.15) is 0 Å². The predicted octanol–water partition coefficient (Wildman–Crippen LogP) is 0.170. The van der Waals surface area contributed by atoms with Crippen LogP contribution in [-0.2, 0) is 9.59 Å². The summed E-state index contributed by atoms with van der Waals surface area (Å²) >= 11 is 0. The number of carbonyl (C=O) groups excluding carboxylic acids is 2. The van der Waals surface area contributed by atoms with Crippen LogP contribution in [0.4, 0.5) is 0 Å². The fraction of sp³-hybridized carbons (Fsp3) is 0.538. The molecule has 0 aromatic carbocycles. The van der Waals surface area contributed by atoms with Crippen molar-refractivity contribution < 1.29 is 9.59 Å². The topological polar surface area (TPSA) is 40.6 Å². The van der Waals surface area contributed by atoms with Crippen LogP contribution in [0.15, 0.2) is 24.3 Å². The Morgan fingerprint density at radius 3 is 1.59 bits per heavy atom. The monoisotopic (exact) mass is 230 g/mol. The fourth-order valence-corrected chi connectivity index (χ4v) is 3.14. The van der Waals surface area contributed by atoms with E-state index in [0.717, 1.165) is 19.5 Å². The van der Waals surface area contributed by atoms with Crippen LogP contribution in [-0.4, -0.2) is 46.8 Å². The minimum Gasteiger partial charge on any atom is -0.334 e. The second-order valence-corrected chi connectivity index (χ2v) is 5.22. The van der Waals surface area contributed by atoms with Crippen LogP contribution in [0.3, 0.4) is 0 Å². The Morgan fingerprint density at radius 1 is 0.824 bits per heavy atom. The van der Waals surface area contributed by atoms with E-state index < -0.39 is 0 Å². The second-order valence-electron chi connectivity index (χ2n) is 5.22. The van der Waals surface area contributed by atoms with E-state index in [1.165, 1.54) is 0 Å². The number of fused-ring (bicyclic) bond motifs is 2. The van der Waals surface area contributed by atoms with Gasteiger partial charge in [-0.25, -0.2) is 0 Å². The predicted molar refractivity (Wildman–Crippen MR) is 60.9 cm³/mol. The Kier molecular flexibility index (Phi) is 1.67. The molecular formula is C13H14N2O2. The van der Waals surface area contributed by atoms with E-state index in [9.17, 15) is 9.59 Å². The molecule has 0 aromatic rings. The van der Waals surface area contributed by atoms with Crippen molar-refractivity contribution in [2.45, 2.75) is 18.5 Å². The molecule has 4 nitrogen and oxygen atoms in total. The fourth-order valence-electron chi connectivity index (χ4n) is 3.14. The molecule has 0 spiro atoms. The van der Waals surface area contributed by atoms with Crippen LogP contribution in [0.1, 0.15) is 6.42 Å². The summed E-state index contributed by atoms with van der Waals surface area (Å²) in [5, 5.41) is 0. The first kappa shape index (κ1) is 9.45. The lowest BCUT2D eigenvalue weighted by Gasteiger charge is -2.51. The van der Waals surface area contributed by atoms with E-state index in [1.807, 2.05) is 22.0 Å². The van der Waals surface area contributed by atoms with Crippen LogP contribution in [0.2, 0.25) is 0 Å². The average molecular weight is 230 g/mol. The number of likely N-dealkylation sites (tertiary alicyclic amines) is 2. The summed E-state index contributed by atoms with van der Waals surface area (Å²) in [7, 11) is 0. The van der Waals surface area contributed by atoms with Crippen molar-refractivity contribution in [1.82, 2.24) is 9.80 Å². The van der Waals surface area contributed by atoms with Crippen molar-refractivity contribution >= 4 is 11.8 Å². The Hall–Kier alpha value is -1.58. The van der Waals surface area contributed by atoms with Gasteiger partial charge in [-0.3, -0.25) is 9.59 Å². The summed E-state index contributed by atoms with van der Waals surface area (Å²) in [4.78, 5) is 27.0. The normalized spacial score (nSPS) is 40.0. The smallest absolute Gasteiger partial charge is 0.232 e. The molecule has 0 radical (unpaired) electrons. The van der Waals surface area contributed by atoms with Gasteiger partial charge in [0.2, 0.25) is 11.8 Å². The minimum atomic E-state index is 0.180. The number of nitrogens with zero attached hydrogens (tertiary/aromatic N) is 2. The first-order valence-electron chi connectivity index (χ1n) is 6.25. The first-order chi connectivity index (χ1) is 8.27. The molecule has 0 bridgehead atoms. The minimum absolute atomic E-state index is 0.180. The number of hydrogen-bond acceptors (Lipinski definition) is 2. The van der Waals surface area contributed by atoms with E-state index in [4.69, 9.17) is 0 Å². The van der Waals surface area contributed by atoms with Crippen molar-refractivity contribution in [2.24, 2.45) is 11.8 Å². The third-order valence-electron chi connectivity index (χ3n) is 4.42. The molecule has 17 heavy (non-hydrogen) atoms. The van der Waals surface area contributed by atoms with Gasteiger partial charge in [-0.05, 0) is 6.42 Å². The lowest BCUT2D eigenvalue weighted by molar-refractivity contribution is -0.153. The summed E-state index contributed by atoms with van der Waals surface area (Å²) in [6.07, 6.45) is 9.03. The number of carbonyl (C=O) groups is 2. The summed E-state index contributed by atoms with van der Waals surface area (Å²) in [6, 6.07) is 0.733. The molecule has 4 heteroatoms. The van der Waals surface area contributed by atoms with Gasteiger partial charge in [0.25, 0.3) is 0 Å². The maximum atomic E-state index is 11.6. The number of hydrogen-bond donors (Lipinski definition) is 0. The van der Waals surface area contributed by atoms with Gasteiger partial charge in [0.05, 0.1) is 23.9 Å². The Bertz CT molecular complexity index is 426. The molecule has 4 rings (SSSR count). The van der Waals surface area contributed by atoms with Crippen molar-refractivity contribution in [3.8, 4) is 0 Å². The first-order valence-corrected chi connectivity index (χ1v) is 6.25. The van der Waals surface area contributed by atoms with Gasteiger partial charge >= 0.3 is 0 Å². The zero-order valence-electron chi connectivity index (χ0n) is 9.45. The Balaban J connectivity index is 1.27. The molecule has 2 aliphatic heterocycles. The second kappa shape index (κ2) is 3.00. The number of rotatable bonds is 4. The highest BCUT2D eigenvalue weighted by molar-refractivity contribution is 5.91. The van der Waals surface area contributed by atoms with Crippen LogP contribution >= 0.6 is 0 Å². The van der Waals surface area contributed by atoms with Gasteiger partial charge in [0.1, 0.15) is 0 Å². The lowest BCUT2D eigenvalue weighted by atomic mass is 9.77. The maximum absolute atomic E-state index is 11.6. The lowest BCUT2D eigenvalue weighted by Crippen LogP contribution is -2.65. The quantitative estimate of drug-likeness (QED) is 0.510. The molecule has 88 valence electrons. The molecule has 2 heterocycles. The van der Waals surface area contributed by atoms with Crippen LogP contribution < -0.4 is 0 Å². The standard InChI is InChI=1S/C13H14N2O2/c16-12-8-2-4-10(8)14(12)6-1-7-15-11-5-3-9(11)13(15)17/h2-5,8-11H,1,6-7H2. The van der Waals surface area contributed by atoms with Crippen molar-refractivity contribution in [1.29, 1.82) is 0 Å². The molecule has 2 saturated heterocycles. The van der Waals surface area contributed by atoms with Crippen molar-refractivity contribution in [3.63, 3.8) is 0 Å². The highest BCUT2D eigenvalue weighted by Gasteiger charge is 2.50. The third-order valence-corrected chi connectivity index (χ3v) is 4.42. The van der Waals surface area contributed by atoms with Crippen molar-refractivity contribution in [2.75, 3.05) is 13.1 Å². The molecular weight excluding hydrogens is 216 g/mol. The average Bonchev–Trinajstić information content (AvgIpc) is 2.23. The Labute approximate surface area is 99.6 Å². The SMILES string of the molecule is O=C1C2C=CC2N1CCCN1C(=O)C2C=CC21. The molecule has 2 aliphatic carbocycles. The van der Waals surface area contributed by atoms with Crippen LogP contribution in [0.5, 0.6) is 0 Å². The summed E-state index contributed by atoms with van der Waals surface area (Å²) in [5.41, 5.74) is 0. The number of amides is 2. The summed E-state index contributed by atoms with van der Waals surface area (Å²) in [5.74, 6) is 0.877. The van der Waals surface area contributed by atoms with Gasteiger partial charge in [0, 0.05) is 13.1 Å². The van der Waals surface area contributed by atoms with Crippen LogP contribution in [0, 0.1) is 11.8 Å². The molecule has 4 atom stereocenters. The number of β-lactam (4-membered cyclic amide) rings is 2. The van der Waals surface area contributed by atoms with Gasteiger partial charge in [0.15, 0.2) is 0 Å². The molecule has 2 fully saturated rings. The van der Waals surface area contributed by atoms with E-state index >= 15 is 0 Å². The van der Waals surface area contributed by atoms with Crippen LogP contribution in [0.25, 0.3) is 0 Å². The van der Waals surface area contributed by atoms with Gasteiger partial charge in [-0.15, -0.1) is 0 Å². The molecule has 2 amide bonds. The van der Waals surface area contributed by atoms with Crippen molar-refractivity contribution in [3.05, 3.63) is 24.3 Å². The molecule has 0 saturated carbocycles. The zero-order chi connectivity index (χ0) is 11.6. The molecule has 4 aliphatic rings.